The van der Waals surface area contributed by atoms with Gasteiger partial charge in [-0.3, -0.25) is 0 Å². The van der Waals surface area contributed by atoms with Crippen LogP contribution in [0, 0.1) is 5.82 Å². The first kappa shape index (κ1) is 10.4. The van der Waals surface area contributed by atoms with Gasteiger partial charge in [0.2, 0.25) is 0 Å². The average Bonchev–Trinajstić information content (AvgIpc) is 1.98. The summed E-state index contributed by atoms with van der Waals surface area (Å²) in [6.07, 6.45) is -4.40. The molecule has 1 aliphatic heterocycles. The molecule has 1 saturated heterocycles. The zero-order chi connectivity index (χ0) is 11.1. The monoisotopic (exact) mass is 219 g/mol. The molecule has 0 spiro atoms. The van der Waals surface area contributed by atoms with Crippen LogP contribution in [0.2, 0.25) is 0 Å². The van der Waals surface area contributed by atoms with Gasteiger partial charge in [-0.05, 0) is 23.8 Å². The van der Waals surface area contributed by atoms with Gasteiger partial charge in [-0.1, -0.05) is 0 Å². The number of hydrogen-bond acceptors (Lipinski definition) is 1. The molecule has 0 radical (unpaired) electrons. The fraction of sp³-hybridized carbons (Fsp3) is 0.400. The highest BCUT2D eigenvalue weighted by atomic mass is 19.4. The molecule has 0 aliphatic carbocycles. The summed E-state index contributed by atoms with van der Waals surface area (Å²) in [5.74, 6) is -0.845. The summed E-state index contributed by atoms with van der Waals surface area (Å²) in [6.45, 7) is 0.957. The molecule has 5 heteroatoms. The second kappa shape index (κ2) is 3.48. The SMILES string of the molecule is Fc1ccc(C(F)(F)F)c(C2CNC2)c1. The van der Waals surface area contributed by atoms with Crippen molar-refractivity contribution in [1.29, 1.82) is 0 Å². The minimum Gasteiger partial charge on any atom is -0.315 e. The molecule has 1 nitrogen and oxygen atoms in total. The molecule has 0 amide bonds. The van der Waals surface area contributed by atoms with Crippen LogP contribution < -0.4 is 5.32 Å². The molecule has 1 N–H and O–H groups in total. The lowest BCUT2D eigenvalue weighted by atomic mass is 9.89. The number of nitrogens with one attached hydrogen (secondary N) is 1. The molecule has 0 bridgehead atoms. The molecule has 82 valence electrons. The highest BCUT2D eigenvalue weighted by Gasteiger charge is 2.36. The quantitative estimate of drug-likeness (QED) is 0.715. The van der Waals surface area contributed by atoms with E-state index in [1.807, 2.05) is 0 Å². The van der Waals surface area contributed by atoms with Crippen molar-refractivity contribution in [3.05, 3.63) is 35.1 Å². The Balaban J connectivity index is 2.44. The van der Waals surface area contributed by atoms with Crippen molar-refractivity contribution in [3.63, 3.8) is 0 Å². The van der Waals surface area contributed by atoms with Gasteiger partial charge in [0.15, 0.2) is 0 Å². The molecule has 2 rings (SSSR count). The van der Waals surface area contributed by atoms with E-state index >= 15 is 0 Å². The van der Waals surface area contributed by atoms with Crippen LogP contribution in [0.5, 0.6) is 0 Å². The summed E-state index contributed by atoms with van der Waals surface area (Å²) in [6, 6.07) is 2.63. The fourth-order valence-electron chi connectivity index (χ4n) is 1.64. The molecule has 0 atom stereocenters. The lowest BCUT2D eigenvalue weighted by molar-refractivity contribution is -0.138. The van der Waals surface area contributed by atoms with Crippen molar-refractivity contribution in [2.45, 2.75) is 12.1 Å². The highest BCUT2D eigenvalue weighted by Crippen LogP contribution is 2.36. The van der Waals surface area contributed by atoms with Crippen LogP contribution in [-0.2, 0) is 6.18 Å². The highest BCUT2D eigenvalue weighted by molar-refractivity contribution is 5.35. The number of benzene rings is 1. The number of rotatable bonds is 1. The summed E-state index contributed by atoms with van der Waals surface area (Å²) < 4.78 is 50.5. The third-order valence-corrected chi connectivity index (χ3v) is 2.54. The van der Waals surface area contributed by atoms with Gasteiger partial charge < -0.3 is 5.32 Å². The van der Waals surface area contributed by atoms with Crippen molar-refractivity contribution in [1.82, 2.24) is 5.32 Å². The van der Waals surface area contributed by atoms with Crippen LogP contribution in [0.1, 0.15) is 17.0 Å². The molecule has 0 saturated carbocycles. The number of hydrogen-bond donors (Lipinski definition) is 1. The fourth-order valence-corrected chi connectivity index (χ4v) is 1.64. The van der Waals surface area contributed by atoms with Crippen molar-refractivity contribution >= 4 is 0 Å². The summed E-state index contributed by atoms with van der Waals surface area (Å²) >= 11 is 0. The maximum Gasteiger partial charge on any atom is 0.416 e. The van der Waals surface area contributed by atoms with Gasteiger partial charge in [0.1, 0.15) is 5.82 Å². The second-order valence-corrected chi connectivity index (χ2v) is 3.58. The van der Waals surface area contributed by atoms with E-state index in [0.717, 1.165) is 18.2 Å². The van der Waals surface area contributed by atoms with Gasteiger partial charge >= 0.3 is 6.18 Å². The molecule has 1 aliphatic rings. The first-order valence-electron chi connectivity index (χ1n) is 4.56. The predicted molar refractivity (Wildman–Crippen MR) is 47.0 cm³/mol. The maximum atomic E-state index is 12.9. The van der Waals surface area contributed by atoms with E-state index in [4.69, 9.17) is 0 Å². The van der Waals surface area contributed by atoms with E-state index < -0.39 is 17.6 Å². The van der Waals surface area contributed by atoms with Crippen LogP contribution in [0.15, 0.2) is 18.2 Å². The molecule has 1 aromatic carbocycles. The third-order valence-electron chi connectivity index (χ3n) is 2.54. The van der Waals surface area contributed by atoms with Gasteiger partial charge in [-0.15, -0.1) is 0 Å². The van der Waals surface area contributed by atoms with Gasteiger partial charge in [0.05, 0.1) is 5.56 Å². The van der Waals surface area contributed by atoms with E-state index in [9.17, 15) is 17.6 Å². The Hall–Kier alpha value is -1.10. The predicted octanol–water partition coefficient (Wildman–Crippen LogP) is 2.53. The Morgan fingerprint density at radius 1 is 1.20 bits per heavy atom. The van der Waals surface area contributed by atoms with E-state index in [1.54, 1.807) is 0 Å². The van der Waals surface area contributed by atoms with Crippen LogP contribution in [0.25, 0.3) is 0 Å². The van der Waals surface area contributed by atoms with E-state index in [-0.39, 0.29) is 11.5 Å². The normalized spacial score (nSPS) is 17.6. The Morgan fingerprint density at radius 2 is 1.87 bits per heavy atom. The van der Waals surface area contributed by atoms with Gasteiger partial charge in [0, 0.05) is 19.0 Å². The Morgan fingerprint density at radius 3 is 2.33 bits per heavy atom. The van der Waals surface area contributed by atoms with Crippen molar-refractivity contribution < 1.29 is 17.6 Å². The van der Waals surface area contributed by atoms with Gasteiger partial charge in [-0.25, -0.2) is 4.39 Å². The van der Waals surface area contributed by atoms with Gasteiger partial charge in [0.25, 0.3) is 0 Å². The topological polar surface area (TPSA) is 12.0 Å². The minimum absolute atomic E-state index is 0.0567. The Kier molecular flexibility index (Phi) is 2.42. The summed E-state index contributed by atoms with van der Waals surface area (Å²) in [4.78, 5) is 0. The first-order valence-corrected chi connectivity index (χ1v) is 4.56. The van der Waals surface area contributed by atoms with E-state index in [1.165, 1.54) is 0 Å². The molecule has 1 aromatic rings. The molecule has 1 heterocycles. The zero-order valence-corrected chi connectivity index (χ0v) is 7.74. The van der Waals surface area contributed by atoms with Crippen molar-refractivity contribution in [2.24, 2.45) is 0 Å². The first-order chi connectivity index (χ1) is 6.98. The molecular weight excluding hydrogens is 210 g/mol. The second-order valence-electron chi connectivity index (χ2n) is 3.58. The molecule has 1 fully saturated rings. The van der Waals surface area contributed by atoms with Crippen molar-refractivity contribution in [2.75, 3.05) is 13.1 Å². The van der Waals surface area contributed by atoms with E-state index in [2.05, 4.69) is 5.32 Å². The van der Waals surface area contributed by atoms with Crippen molar-refractivity contribution in [3.8, 4) is 0 Å². The van der Waals surface area contributed by atoms with Crippen LogP contribution in [-0.4, -0.2) is 13.1 Å². The smallest absolute Gasteiger partial charge is 0.315 e. The van der Waals surface area contributed by atoms with E-state index in [0.29, 0.717) is 13.1 Å². The summed E-state index contributed by atoms with van der Waals surface area (Å²) in [5, 5.41) is 2.87. The summed E-state index contributed by atoms with van der Waals surface area (Å²) in [7, 11) is 0. The minimum atomic E-state index is -4.40. The summed E-state index contributed by atoms with van der Waals surface area (Å²) in [5.41, 5.74) is -0.670. The lowest BCUT2D eigenvalue weighted by Crippen LogP contribution is -2.40. The Labute approximate surface area is 84.1 Å². The average molecular weight is 219 g/mol. The standard InChI is InChI=1S/C10H9F4N/c11-7-1-2-9(10(12,13)14)8(3-7)6-4-15-5-6/h1-3,6,15H,4-5H2. The zero-order valence-electron chi connectivity index (χ0n) is 7.74. The largest absolute Gasteiger partial charge is 0.416 e. The molecule has 0 unspecified atom stereocenters. The maximum absolute atomic E-state index is 12.9. The molecule has 0 aromatic heterocycles. The lowest BCUT2D eigenvalue weighted by Gasteiger charge is -2.29. The number of alkyl halides is 3. The van der Waals surface area contributed by atoms with Crippen LogP contribution in [0.3, 0.4) is 0 Å². The number of halogens is 4. The van der Waals surface area contributed by atoms with Crippen LogP contribution >= 0.6 is 0 Å². The van der Waals surface area contributed by atoms with Gasteiger partial charge in [-0.2, -0.15) is 13.2 Å². The Bertz CT molecular complexity index is 368. The molecular formula is C10H9F4N. The third kappa shape index (κ3) is 1.97. The molecule has 15 heavy (non-hydrogen) atoms. The van der Waals surface area contributed by atoms with Crippen LogP contribution in [0.4, 0.5) is 17.6 Å².